The first kappa shape index (κ1) is 23.9. The Morgan fingerprint density at radius 2 is 2.07 bits per heavy atom. The molecule has 0 unspecified atom stereocenters. The molecule has 0 spiro atoms. The number of anilines is 1. The molecular formula is C20H30IN7O2. The number of hydrogen-bond acceptors (Lipinski definition) is 5. The van der Waals surface area contributed by atoms with Gasteiger partial charge in [0.2, 0.25) is 5.91 Å². The molecule has 30 heavy (non-hydrogen) atoms. The Hall–Kier alpha value is -2.37. The van der Waals surface area contributed by atoms with Crippen LogP contribution in [0.2, 0.25) is 0 Å². The summed E-state index contributed by atoms with van der Waals surface area (Å²) in [7, 11) is 3.51. The third kappa shape index (κ3) is 5.21. The predicted molar refractivity (Wildman–Crippen MR) is 128 cm³/mol. The number of rotatable bonds is 5. The van der Waals surface area contributed by atoms with Gasteiger partial charge in [-0.05, 0) is 20.8 Å². The highest BCUT2D eigenvalue weighted by Crippen LogP contribution is 2.24. The van der Waals surface area contributed by atoms with Gasteiger partial charge in [-0.1, -0.05) is 0 Å². The highest BCUT2D eigenvalue weighted by atomic mass is 127. The fourth-order valence-corrected chi connectivity index (χ4v) is 3.48. The van der Waals surface area contributed by atoms with Crippen molar-refractivity contribution in [2.24, 2.45) is 12.0 Å². The van der Waals surface area contributed by atoms with Crippen molar-refractivity contribution in [2.75, 3.05) is 38.2 Å². The number of carbonyl (C=O) groups excluding carboxylic acids is 1. The summed E-state index contributed by atoms with van der Waals surface area (Å²) in [6.07, 6.45) is 5.37. The summed E-state index contributed by atoms with van der Waals surface area (Å²) in [6, 6.07) is 0. The summed E-state index contributed by atoms with van der Waals surface area (Å²) in [5.41, 5.74) is 3.68. The van der Waals surface area contributed by atoms with Crippen molar-refractivity contribution in [2.45, 2.75) is 27.3 Å². The number of piperazine rings is 1. The van der Waals surface area contributed by atoms with Gasteiger partial charge < -0.3 is 19.9 Å². The Bertz CT molecular complexity index is 913. The molecule has 2 aromatic heterocycles. The van der Waals surface area contributed by atoms with Crippen molar-refractivity contribution >= 4 is 41.5 Å². The van der Waals surface area contributed by atoms with Crippen LogP contribution in [0.3, 0.4) is 0 Å². The van der Waals surface area contributed by atoms with Gasteiger partial charge in [0.1, 0.15) is 12.3 Å². The Morgan fingerprint density at radius 1 is 1.30 bits per heavy atom. The van der Waals surface area contributed by atoms with Gasteiger partial charge in [-0.25, -0.2) is 4.99 Å². The molecule has 1 aliphatic heterocycles. The van der Waals surface area contributed by atoms with Gasteiger partial charge in [0.15, 0.2) is 5.96 Å². The third-order valence-electron chi connectivity index (χ3n) is 4.99. The average molecular weight is 527 g/mol. The molecular weight excluding hydrogens is 497 g/mol. The number of carbonyl (C=O) groups is 1. The monoisotopic (exact) mass is 527 g/mol. The number of nitrogens with one attached hydrogen (secondary N) is 1. The summed E-state index contributed by atoms with van der Waals surface area (Å²) >= 11 is 0. The van der Waals surface area contributed by atoms with Gasteiger partial charge in [0.05, 0.1) is 31.2 Å². The van der Waals surface area contributed by atoms with Crippen LogP contribution in [0, 0.1) is 13.8 Å². The molecule has 3 heterocycles. The lowest BCUT2D eigenvalue weighted by Gasteiger charge is -2.35. The van der Waals surface area contributed by atoms with Crippen LogP contribution in [-0.4, -0.2) is 64.8 Å². The second-order valence-corrected chi connectivity index (χ2v) is 7.06. The number of halogens is 1. The Labute approximate surface area is 194 Å². The summed E-state index contributed by atoms with van der Waals surface area (Å²) in [5.74, 6) is 1.59. The van der Waals surface area contributed by atoms with Gasteiger partial charge in [0, 0.05) is 50.2 Å². The van der Waals surface area contributed by atoms with E-state index < -0.39 is 0 Å². The number of ether oxygens (including phenoxy) is 1. The van der Waals surface area contributed by atoms with Crippen LogP contribution >= 0.6 is 24.0 Å². The highest BCUT2D eigenvalue weighted by Gasteiger charge is 2.27. The Kier molecular flexibility index (Phi) is 8.44. The van der Waals surface area contributed by atoms with E-state index in [2.05, 4.69) is 15.4 Å². The number of hydrogen-bond donors (Lipinski definition) is 1. The number of methoxy groups -OCH3 is 1. The zero-order valence-electron chi connectivity index (χ0n) is 18.2. The first-order valence-electron chi connectivity index (χ1n) is 9.76. The fourth-order valence-electron chi connectivity index (χ4n) is 3.48. The smallest absolute Gasteiger partial charge is 0.246 e. The van der Waals surface area contributed by atoms with Crippen LogP contribution in [-0.2, 0) is 18.4 Å². The average Bonchev–Trinajstić information content (AvgIpc) is 3.12. The maximum absolute atomic E-state index is 12.7. The standard InChI is InChI=1S/C20H29N7O2.HI/c1-6-21-20(23-11-17-15(3)19(29-5)14(2)9-22-17)26-7-8-27(18(28)13-26)16-10-24-25(4)12-16;/h9-10,12H,6-8,11,13H2,1-5H3,(H,21,23);1H. The number of aryl methyl sites for hydroxylation is 2. The summed E-state index contributed by atoms with van der Waals surface area (Å²) in [6.45, 7) is 8.67. The maximum Gasteiger partial charge on any atom is 0.246 e. The quantitative estimate of drug-likeness (QED) is 0.363. The molecule has 164 valence electrons. The van der Waals surface area contributed by atoms with Crippen LogP contribution in [0.5, 0.6) is 5.75 Å². The lowest BCUT2D eigenvalue weighted by atomic mass is 10.1. The Morgan fingerprint density at radius 3 is 2.67 bits per heavy atom. The van der Waals surface area contributed by atoms with E-state index in [1.165, 1.54) is 0 Å². The molecule has 1 saturated heterocycles. The summed E-state index contributed by atoms with van der Waals surface area (Å²) in [5, 5.41) is 7.45. The van der Waals surface area contributed by atoms with Crippen LogP contribution in [0.25, 0.3) is 0 Å². The van der Waals surface area contributed by atoms with Crippen LogP contribution < -0.4 is 15.0 Å². The molecule has 0 aromatic carbocycles. The summed E-state index contributed by atoms with van der Waals surface area (Å²) < 4.78 is 7.19. The molecule has 1 N–H and O–H groups in total. The highest BCUT2D eigenvalue weighted by molar-refractivity contribution is 14.0. The van der Waals surface area contributed by atoms with E-state index in [1.54, 1.807) is 29.1 Å². The van der Waals surface area contributed by atoms with Crippen molar-refractivity contribution in [1.82, 2.24) is 25.0 Å². The van der Waals surface area contributed by atoms with Crippen LogP contribution in [0.4, 0.5) is 5.69 Å². The van der Waals surface area contributed by atoms with Gasteiger partial charge in [-0.2, -0.15) is 5.10 Å². The lowest BCUT2D eigenvalue weighted by molar-refractivity contribution is -0.120. The molecule has 0 radical (unpaired) electrons. The number of aliphatic imine (C=N–C) groups is 1. The largest absolute Gasteiger partial charge is 0.496 e. The zero-order chi connectivity index (χ0) is 21.0. The first-order valence-corrected chi connectivity index (χ1v) is 9.76. The molecule has 2 aromatic rings. The molecule has 1 fully saturated rings. The zero-order valence-corrected chi connectivity index (χ0v) is 20.5. The molecule has 0 saturated carbocycles. The molecule has 0 bridgehead atoms. The van der Waals surface area contributed by atoms with Crippen molar-refractivity contribution < 1.29 is 9.53 Å². The number of nitrogens with zero attached hydrogens (tertiary/aromatic N) is 6. The van der Waals surface area contributed by atoms with Gasteiger partial charge in [-0.15, -0.1) is 24.0 Å². The molecule has 1 amide bonds. The molecule has 0 aliphatic carbocycles. The first-order chi connectivity index (χ1) is 13.9. The van der Waals surface area contributed by atoms with Crippen molar-refractivity contribution in [3.63, 3.8) is 0 Å². The van der Waals surface area contributed by atoms with E-state index in [0.717, 1.165) is 34.8 Å². The minimum absolute atomic E-state index is 0. The SMILES string of the molecule is CCNC(=NCc1ncc(C)c(OC)c1C)N1CCN(c2cnn(C)c2)C(=O)C1.I. The maximum atomic E-state index is 12.7. The van der Waals surface area contributed by atoms with Crippen molar-refractivity contribution in [3.8, 4) is 5.75 Å². The van der Waals surface area contributed by atoms with E-state index in [-0.39, 0.29) is 36.4 Å². The van der Waals surface area contributed by atoms with E-state index >= 15 is 0 Å². The molecule has 0 atom stereocenters. The van der Waals surface area contributed by atoms with E-state index in [0.29, 0.717) is 25.6 Å². The van der Waals surface area contributed by atoms with E-state index in [1.807, 2.05) is 38.9 Å². The van der Waals surface area contributed by atoms with Gasteiger partial charge in [0.25, 0.3) is 0 Å². The van der Waals surface area contributed by atoms with Crippen LogP contribution in [0.15, 0.2) is 23.6 Å². The number of guanidine groups is 1. The molecule has 1 aliphatic rings. The van der Waals surface area contributed by atoms with E-state index in [4.69, 9.17) is 9.73 Å². The summed E-state index contributed by atoms with van der Waals surface area (Å²) in [4.78, 5) is 25.7. The fraction of sp³-hybridized carbons (Fsp3) is 0.500. The molecule has 3 rings (SSSR count). The van der Waals surface area contributed by atoms with Crippen molar-refractivity contribution in [3.05, 3.63) is 35.4 Å². The number of aromatic nitrogens is 3. The molecule has 9 nitrogen and oxygen atoms in total. The minimum atomic E-state index is 0. The normalized spacial score (nSPS) is 14.6. The number of pyridine rings is 1. The van der Waals surface area contributed by atoms with E-state index in [9.17, 15) is 4.79 Å². The second-order valence-electron chi connectivity index (χ2n) is 7.06. The van der Waals surface area contributed by atoms with Gasteiger partial charge >= 0.3 is 0 Å². The topological polar surface area (TPSA) is 87.9 Å². The second kappa shape index (κ2) is 10.6. The minimum Gasteiger partial charge on any atom is -0.496 e. The van der Waals surface area contributed by atoms with Crippen molar-refractivity contribution in [1.29, 1.82) is 0 Å². The molecule has 10 heteroatoms. The Balaban J connectivity index is 0.00000320. The van der Waals surface area contributed by atoms with Gasteiger partial charge in [-0.3, -0.25) is 14.5 Å². The number of amides is 1. The predicted octanol–water partition coefficient (Wildman–Crippen LogP) is 1.87. The lowest BCUT2D eigenvalue weighted by Crippen LogP contribution is -2.55. The van der Waals surface area contributed by atoms with Crippen LogP contribution in [0.1, 0.15) is 23.7 Å². The third-order valence-corrected chi connectivity index (χ3v) is 4.99.